The van der Waals surface area contributed by atoms with Crippen molar-refractivity contribution < 1.29 is 0 Å². The van der Waals surface area contributed by atoms with Gasteiger partial charge in [0.05, 0.1) is 6.20 Å². The maximum Gasteiger partial charge on any atom is 0.155 e. The number of anilines is 1. The lowest BCUT2D eigenvalue weighted by atomic mass is 10.4. The van der Waals surface area contributed by atoms with Gasteiger partial charge in [-0.15, -0.1) is 0 Å². The Morgan fingerprint density at radius 1 is 1.21 bits per heavy atom. The summed E-state index contributed by atoms with van der Waals surface area (Å²) in [6, 6.07) is 3.89. The number of hydrogen-bond donors (Lipinski definition) is 0. The van der Waals surface area contributed by atoms with Crippen LogP contribution in [-0.4, -0.2) is 27.7 Å². The number of rotatable bonds is 1. The molecule has 0 atom stereocenters. The van der Waals surface area contributed by atoms with E-state index in [0.29, 0.717) is 0 Å². The first-order chi connectivity index (χ1) is 6.93. The maximum absolute atomic E-state index is 4.52. The fourth-order valence-corrected chi connectivity index (χ4v) is 1.92. The van der Waals surface area contributed by atoms with Gasteiger partial charge in [0.1, 0.15) is 5.82 Å². The predicted molar refractivity (Wildman–Crippen MR) is 54.4 cm³/mol. The van der Waals surface area contributed by atoms with E-state index < -0.39 is 0 Å². The van der Waals surface area contributed by atoms with Crippen molar-refractivity contribution in [3.63, 3.8) is 0 Å². The lowest BCUT2D eigenvalue weighted by Gasteiger charge is -2.12. The third-order valence-corrected chi connectivity index (χ3v) is 2.65. The Bertz CT molecular complexity index is 409. The summed E-state index contributed by atoms with van der Waals surface area (Å²) in [5.41, 5.74) is 0.925. The van der Waals surface area contributed by atoms with E-state index in [1.807, 2.05) is 22.8 Å². The molecule has 2 aromatic rings. The Hall–Kier alpha value is -1.58. The highest BCUT2D eigenvalue weighted by molar-refractivity contribution is 5.49. The van der Waals surface area contributed by atoms with E-state index in [0.717, 1.165) is 24.6 Å². The van der Waals surface area contributed by atoms with E-state index >= 15 is 0 Å². The normalized spacial score (nSPS) is 16.7. The van der Waals surface area contributed by atoms with Crippen molar-refractivity contribution >= 4 is 11.5 Å². The van der Waals surface area contributed by atoms with E-state index in [9.17, 15) is 0 Å². The number of aromatic nitrogens is 3. The summed E-state index contributed by atoms with van der Waals surface area (Å²) in [6.45, 7) is 2.26. The Balaban J connectivity index is 2.05. The van der Waals surface area contributed by atoms with Gasteiger partial charge in [-0.1, -0.05) is 0 Å². The van der Waals surface area contributed by atoms with E-state index in [1.165, 1.54) is 12.8 Å². The second-order valence-electron chi connectivity index (χ2n) is 3.62. The lowest BCUT2D eigenvalue weighted by molar-refractivity contribution is 0.922. The minimum absolute atomic E-state index is 0.925. The molecule has 0 amide bonds. The Morgan fingerprint density at radius 2 is 2.07 bits per heavy atom. The molecule has 1 fully saturated rings. The van der Waals surface area contributed by atoms with Crippen molar-refractivity contribution in [2.75, 3.05) is 18.0 Å². The van der Waals surface area contributed by atoms with Crippen LogP contribution < -0.4 is 4.90 Å². The molecule has 0 aliphatic carbocycles. The van der Waals surface area contributed by atoms with Gasteiger partial charge in [-0.3, -0.25) is 0 Å². The summed E-state index contributed by atoms with van der Waals surface area (Å²) in [5.74, 6) is 1.06. The summed E-state index contributed by atoms with van der Waals surface area (Å²) in [7, 11) is 0. The molecule has 2 aromatic heterocycles. The molecule has 0 radical (unpaired) electrons. The van der Waals surface area contributed by atoms with Crippen LogP contribution in [0.25, 0.3) is 5.65 Å². The zero-order valence-corrected chi connectivity index (χ0v) is 7.93. The van der Waals surface area contributed by atoms with Gasteiger partial charge in [0.15, 0.2) is 5.65 Å². The third-order valence-electron chi connectivity index (χ3n) is 2.65. The van der Waals surface area contributed by atoms with Gasteiger partial charge in [-0.2, -0.15) is 5.10 Å². The molecular formula is C10H12N4. The quantitative estimate of drug-likeness (QED) is 0.677. The second kappa shape index (κ2) is 2.97. The van der Waals surface area contributed by atoms with Gasteiger partial charge in [0.2, 0.25) is 0 Å². The van der Waals surface area contributed by atoms with E-state index in [1.54, 1.807) is 6.20 Å². The van der Waals surface area contributed by atoms with Crippen molar-refractivity contribution in [3.8, 4) is 0 Å². The van der Waals surface area contributed by atoms with E-state index in [4.69, 9.17) is 0 Å². The van der Waals surface area contributed by atoms with Gasteiger partial charge in [0, 0.05) is 19.3 Å². The van der Waals surface area contributed by atoms with Crippen molar-refractivity contribution in [1.29, 1.82) is 0 Å². The van der Waals surface area contributed by atoms with Crippen LogP contribution in [-0.2, 0) is 0 Å². The predicted octanol–water partition coefficient (Wildman–Crippen LogP) is 1.33. The van der Waals surface area contributed by atoms with Crippen molar-refractivity contribution in [1.82, 2.24) is 14.6 Å². The molecule has 3 heterocycles. The van der Waals surface area contributed by atoms with Crippen LogP contribution in [0.5, 0.6) is 0 Å². The van der Waals surface area contributed by atoms with Crippen molar-refractivity contribution in [2.24, 2.45) is 0 Å². The van der Waals surface area contributed by atoms with Crippen LogP contribution in [0.4, 0.5) is 5.82 Å². The topological polar surface area (TPSA) is 33.4 Å². The summed E-state index contributed by atoms with van der Waals surface area (Å²) in [4.78, 5) is 6.84. The maximum atomic E-state index is 4.52. The van der Waals surface area contributed by atoms with Crippen LogP contribution >= 0.6 is 0 Å². The van der Waals surface area contributed by atoms with E-state index in [-0.39, 0.29) is 0 Å². The molecule has 3 rings (SSSR count). The SMILES string of the molecule is c1cnn2cc(N3CCCC3)nc2c1. The zero-order chi connectivity index (χ0) is 9.38. The minimum Gasteiger partial charge on any atom is -0.355 e. The lowest BCUT2D eigenvalue weighted by Crippen LogP contribution is -2.17. The van der Waals surface area contributed by atoms with Crippen molar-refractivity contribution in [3.05, 3.63) is 24.5 Å². The molecule has 1 aliphatic heterocycles. The first kappa shape index (κ1) is 7.79. The molecule has 1 saturated heterocycles. The number of fused-ring (bicyclic) bond motifs is 1. The van der Waals surface area contributed by atoms with Crippen molar-refractivity contribution in [2.45, 2.75) is 12.8 Å². The molecule has 14 heavy (non-hydrogen) atoms. The zero-order valence-electron chi connectivity index (χ0n) is 7.93. The number of nitrogens with zero attached hydrogens (tertiary/aromatic N) is 4. The number of hydrogen-bond acceptors (Lipinski definition) is 3. The van der Waals surface area contributed by atoms with Gasteiger partial charge in [-0.05, 0) is 25.0 Å². The molecule has 1 aliphatic rings. The highest BCUT2D eigenvalue weighted by atomic mass is 15.3. The monoisotopic (exact) mass is 188 g/mol. The summed E-state index contributed by atoms with van der Waals surface area (Å²) < 4.78 is 1.83. The highest BCUT2D eigenvalue weighted by Gasteiger charge is 2.14. The first-order valence-electron chi connectivity index (χ1n) is 4.99. The standard InChI is InChI=1S/C10H12N4/c1-2-7-13(6-1)10-8-14-9(12-10)4-3-5-11-14/h3-5,8H,1-2,6-7H2. The Labute approximate surface area is 82.2 Å². The summed E-state index contributed by atoms with van der Waals surface area (Å²) in [5, 5.41) is 4.20. The average Bonchev–Trinajstić information content (AvgIpc) is 2.86. The van der Waals surface area contributed by atoms with Gasteiger partial charge in [-0.25, -0.2) is 9.50 Å². The van der Waals surface area contributed by atoms with Crippen LogP contribution in [0.15, 0.2) is 24.5 Å². The fraction of sp³-hybridized carbons (Fsp3) is 0.400. The van der Waals surface area contributed by atoms with E-state index in [2.05, 4.69) is 15.0 Å². The molecule has 0 N–H and O–H groups in total. The largest absolute Gasteiger partial charge is 0.355 e. The Morgan fingerprint density at radius 3 is 2.86 bits per heavy atom. The second-order valence-corrected chi connectivity index (χ2v) is 3.62. The van der Waals surface area contributed by atoms with Crippen LogP contribution in [0.1, 0.15) is 12.8 Å². The summed E-state index contributed by atoms with van der Waals surface area (Å²) in [6.07, 6.45) is 6.34. The molecule has 4 nitrogen and oxygen atoms in total. The molecule has 72 valence electrons. The number of imidazole rings is 1. The summed E-state index contributed by atoms with van der Waals surface area (Å²) >= 11 is 0. The molecule has 4 heteroatoms. The van der Waals surface area contributed by atoms with Gasteiger partial charge in [0.25, 0.3) is 0 Å². The third kappa shape index (κ3) is 1.14. The van der Waals surface area contributed by atoms with Crippen LogP contribution in [0.3, 0.4) is 0 Å². The van der Waals surface area contributed by atoms with Gasteiger partial charge >= 0.3 is 0 Å². The fourth-order valence-electron chi connectivity index (χ4n) is 1.92. The first-order valence-corrected chi connectivity index (χ1v) is 4.99. The Kier molecular flexibility index (Phi) is 1.65. The smallest absolute Gasteiger partial charge is 0.155 e. The van der Waals surface area contributed by atoms with Crippen LogP contribution in [0, 0.1) is 0 Å². The molecule has 0 spiro atoms. The molecule has 0 bridgehead atoms. The molecule has 0 saturated carbocycles. The molecule has 0 unspecified atom stereocenters. The average molecular weight is 188 g/mol. The van der Waals surface area contributed by atoms with Gasteiger partial charge < -0.3 is 4.90 Å². The van der Waals surface area contributed by atoms with Crippen LogP contribution in [0.2, 0.25) is 0 Å². The minimum atomic E-state index is 0.925. The molecule has 0 aromatic carbocycles. The highest BCUT2D eigenvalue weighted by Crippen LogP contribution is 2.18. The molecular weight excluding hydrogens is 176 g/mol.